The smallest absolute Gasteiger partial charge is 0.233 e. The first-order valence-corrected chi connectivity index (χ1v) is 9.74. The molecule has 2 aromatic heterocycles. The van der Waals surface area contributed by atoms with Crippen molar-refractivity contribution in [1.82, 2.24) is 10.3 Å². The fourth-order valence-electron chi connectivity index (χ4n) is 2.28. The van der Waals surface area contributed by atoms with Gasteiger partial charge in [-0.05, 0) is 43.3 Å². The molecule has 0 aliphatic heterocycles. The number of nitrogens with one attached hydrogen (secondary N) is 1. The molecule has 3 rings (SSSR count). The van der Waals surface area contributed by atoms with Crippen molar-refractivity contribution >= 4 is 28.3 Å². The third-order valence-corrected chi connectivity index (χ3v) is 5.05. The first-order valence-electron chi connectivity index (χ1n) is 7.87. The van der Waals surface area contributed by atoms with Gasteiger partial charge in [0.05, 0.1) is 24.3 Å². The molecule has 1 amide bonds. The van der Waals surface area contributed by atoms with Gasteiger partial charge < -0.3 is 14.2 Å². The number of halogens is 1. The average molecular weight is 393 g/mol. The third kappa shape index (κ3) is 4.83. The summed E-state index contributed by atoms with van der Waals surface area (Å²) in [6, 6.07) is 10.6. The van der Waals surface area contributed by atoms with Crippen molar-refractivity contribution < 1.29 is 17.8 Å². The molecule has 3 aromatic rings. The molecule has 136 valence electrons. The zero-order valence-electron chi connectivity index (χ0n) is 14.0. The van der Waals surface area contributed by atoms with Crippen molar-refractivity contribution in [2.45, 2.75) is 19.2 Å². The first kappa shape index (κ1) is 18.4. The monoisotopic (exact) mass is 392 g/mol. The maximum Gasteiger partial charge on any atom is 0.233 e. The van der Waals surface area contributed by atoms with E-state index in [1.165, 1.54) is 6.26 Å². The molecular weight excluding hydrogens is 376 g/mol. The molecule has 26 heavy (non-hydrogen) atoms. The van der Waals surface area contributed by atoms with Crippen LogP contribution in [0.15, 0.2) is 51.5 Å². The zero-order chi connectivity index (χ0) is 18.5. The highest BCUT2D eigenvalue weighted by Gasteiger charge is 2.16. The second-order valence-corrected chi connectivity index (χ2v) is 7.51. The number of carbonyl (C=O) groups is 1. The summed E-state index contributed by atoms with van der Waals surface area (Å²) in [6.45, 7) is 2.03. The number of aryl methyl sites for hydroxylation is 1. The van der Waals surface area contributed by atoms with Crippen molar-refractivity contribution in [3.63, 3.8) is 0 Å². The van der Waals surface area contributed by atoms with E-state index in [9.17, 15) is 9.00 Å². The van der Waals surface area contributed by atoms with Gasteiger partial charge in [0.15, 0.2) is 0 Å². The maximum atomic E-state index is 12.3. The van der Waals surface area contributed by atoms with Crippen molar-refractivity contribution in [2.24, 2.45) is 0 Å². The molecular formula is C18H17ClN2O4S. The molecule has 0 saturated carbocycles. The number of nitrogens with zero attached hydrogens (tertiary/aromatic N) is 1. The van der Waals surface area contributed by atoms with Crippen LogP contribution in [0.4, 0.5) is 0 Å². The van der Waals surface area contributed by atoms with E-state index in [0.29, 0.717) is 28.1 Å². The lowest BCUT2D eigenvalue weighted by atomic mass is 10.2. The summed E-state index contributed by atoms with van der Waals surface area (Å²) in [7, 11) is -1.39. The van der Waals surface area contributed by atoms with Crippen LogP contribution < -0.4 is 5.32 Å². The quantitative estimate of drug-likeness (QED) is 0.665. The summed E-state index contributed by atoms with van der Waals surface area (Å²) >= 11 is 5.88. The number of furan rings is 1. The van der Waals surface area contributed by atoms with E-state index in [0.717, 1.165) is 5.56 Å². The Morgan fingerprint density at radius 2 is 2.04 bits per heavy atom. The number of carbonyl (C=O) groups excluding carboxylic acids is 1. The normalized spacial score (nSPS) is 12.1. The minimum atomic E-state index is -1.39. The molecule has 8 heteroatoms. The van der Waals surface area contributed by atoms with Gasteiger partial charge in [-0.1, -0.05) is 11.6 Å². The topological polar surface area (TPSA) is 85.3 Å². The lowest BCUT2D eigenvalue weighted by molar-refractivity contribution is -0.118. The van der Waals surface area contributed by atoms with E-state index in [2.05, 4.69) is 10.3 Å². The number of benzene rings is 1. The molecule has 1 atom stereocenters. The maximum absolute atomic E-state index is 12.3. The standard InChI is InChI=1S/C18H17ClN2O4S/c1-12-16(21-18(25-12)13-4-6-14(19)7-5-13)10-26(23)11-17(22)20-9-15-3-2-8-24-15/h2-8H,9-11H2,1H3,(H,20,22)/t26-/m0/s1. The van der Waals surface area contributed by atoms with E-state index in [4.69, 9.17) is 20.4 Å². The predicted molar refractivity (Wildman–Crippen MR) is 99.0 cm³/mol. The molecule has 0 unspecified atom stereocenters. The van der Waals surface area contributed by atoms with E-state index >= 15 is 0 Å². The molecule has 0 fully saturated rings. The first-order chi connectivity index (χ1) is 12.5. The summed E-state index contributed by atoms with van der Waals surface area (Å²) in [5, 5.41) is 3.29. The Morgan fingerprint density at radius 3 is 2.73 bits per heavy atom. The molecule has 0 spiro atoms. The molecule has 0 aliphatic carbocycles. The molecule has 0 aliphatic rings. The minimum absolute atomic E-state index is 0.108. The fourth-order valence-corrected chi connectivity index (χ4v) is 3.47. The minimum Gasteiger partial charge on any atom is -0.467 e. The summed E-state index contributed by atoms with van der Waals surface area (Å²) in [6.07, 6.45) is 1.53. The Bertz CT molecular complexity index is 904. The van der Waals surface area contributed by atoms with E-state index in [-0.39, 0.29) is 24.0 Å². The Balaban J connectivity index is 1.57. The van der Waals surface area contributed by atoms with Gasteiger partial charge in [0.2, 0.25) is 11.8 Å². The van der Waals surface area contributed by atoms with Crippen LogP contribution in [0.25, 0.3) is 11.5 Å². The lowest BCUT2D eigenvalue weighted by Crippen LogP contribution is -2.28. The summed E-state index contributed by atoms with van der Waals surface area (Å²) in [5.41, 5.74) is 1.36. The number of hydrogen-bond acceptors (Lipinski definition) is 5. The largest absolute Gasteiger partial charge is 0.467 e. The highest BCUT2D eigenvalue weighted by Crippen LogP contribution is 2.24. The summed E-state index contributed by atoms with van der Waals surface area (Å²) in [5.74, 6) is 1.40. The number of rotatable bonds is 7. The molecule has 0 saturated heterocycles. The molecule has 6 nitrogen and oxygen atoms in total. The van der Waals surface area contributed by atoms with Crippen molar-refractivity contribution in [3.8, 4) is 11.5 Å². The second-order valence-electron chi connectivity index (χ2n) is 5.61. The average Bonchev–Trinajstić information content (AvgIpc) is 3.24. The fraction of sp³-hybridized carbons (Fsp3) is 0.222. The highest BCUT2D eigenvalue weighted by molar-refractivity contribution is 7.84. The molecule has 0 bridgehead atoms. The summed E-state index contributed by atoms with van der Waals surface area (Å²) in [4.78, 5) is 16.3. The van der Waals surface area contributed by atoms with Gasteiger partial charge in [-0.2, -0.15) is 0 Å². The van der Waals surface area contributed by atoms with Crippen LogP contribution in [0.2, 0.25) is 5.02 Å². The van der Waals surface area contributed by atoms with Gasteiger partial charge in [-0.25, -0.2) is 4.98 Å². The van der Waals surface area contributed by atoms with Crippen molar-refractivity contribution in [2.75, 3.05) is 5.75 Å². The third-order valence-electron chi connectivity index (χ3n) is 3.61. The van der Waals surface area contributed by atoms with Crippen LogP contribution in [0.5, 0.6) is 0 Å². The van der Waals surface area contributed by atoms with Crippen LogP contribution in [0.3, 0.4) is 0 Å². The number of amides is 1. The highest BCUT2D eigenvalue weighted by atomic mass is 35.5. The van der Waals surface area contributed by atoms with Gasteiger partial charge in [0.25, 0.3) is 0 Å². The second kappa shape index (κ2) is 8.33. The van der Waals surface area contributed by atoms with Crippen LogP contribution >= 0.6 is 11.6 Å². The number of hydrogen-bond donors (Lipinski definition) is 1. The Morgan fingerprint density at radius 1 is 1.27 bits per heavy atom. The lowest BCUT2D eigenvalue weighted by Gasteiger charge is -2.03. The van der Waals surface area contributed by atoms with Gasteiger partial charge in [0, 0.05) is 21.4 Å². The van der Waals surface area contributed by atoms with Gasteiger partial charge in [-0.15, -0.1) is 0 Å². The van der Waals surface area contributed by atoms with Crippen LogP contribution in [-0.2, 0) is 27.9 Å². The summed E-state index contributed by atoms with van der Waals surface area (Å²) < 4.78 is 23.0. The van der Waals surface area contributed by atoms with E-state index in [1.807, 2.05) is 0 Å². The molecule has 1 aromatic carbocycles. The molecule has 2 heterocycles. The van der Waals surface area contributed by atoms with Gasteiger partial charge in [0.1, 0.15) is 17.3 Å². The van der Waals surface area contributed by atoms with Gasteiger partial charge >= 0.3 is 0 Å². The Kier molecular flexibility index (Phi) is 5.90. The Hall–Kier alpha value is -2.38. The van der Waals surface area contributed by atoms with Crippen LogP contribution in [0, 0.1) is 6.92 Å². The number of oxazole rings is 1. The molecule has 0 radical (unpaired) electrons. The van der Waals surface area contributed by atoms with Gasteiger partial charge in [-0.3, -0.25) is 9.00 Å². The number of aromatic nitrogens is 1. The Labute approximate surface area is 158 Å². The zero-order valence-corrected chi connectivity index (χ0v) is 15.6. The SMILES string of the molecule is Cc1oc(-c2ccc(Cl)cc2)nc1C[S@](=O)CC(=O)NCc1ccco1. The molecule has 1 N–H and O–H groups in total. The van der Waals surface area contributed by atoms with E-state index in [1.54, 1.807) is 43.3 Å². The van der Waals surface area contributed by atoms with Crippen molar-refractivity contribution in [3.05, 3.63) is 64.9 Å². The predicted octanol–water partition coefficient (Wildman–Crippen LogP) is 3.46. The van der Waals surface area contributed by atoms with Crippen LogP contribution in [0.1, 0.15) is 17.2 Å². The van der Waals surface area contributed by atoms with Crippen LogP contribution in [-0.4, -0.2) is 20.9 Å². The van der Waals surface area contributed by atoms with E-state index < -0.39 is 10.8 Å². The van der Waals surface area contributed by atoms with Crippen molar-refractivity contribution in [1.29, 1.82) is 0 Å².